The Morgan fingerprint density at radius 2 is 1.94 bits per heavy atom. The molecule has 0 aliphatic carbocycles. The van der Waals surface area contributed by atoms with Crippen molar-refractivity contribution in [1.82, 2.24) is 24.5 Å². The van der Waals surface area contributed by atoms with Gasteiger partial charge in [-0.1, -0.05) is 48.2 Å². The van der Waals surface area contributed by atoms with E-state index in [2.05, 4.69) is 27.2 Å². The molecule has 178 valence electrons. The fraction of sp³-hybridized carbons (Fsp3) is 0.200. The number of ether oxygens (including phenoxy) is 2. The summed E-state index contributed by atoms with van der Waals surface area (Å²) in [6.07, 6.45) is 1.35. The van der Waals surface area contributed by atoms with Crippen LogP contribution in [0.5, 0.6) is 11.5 Å². The van der Waals surface area contributed by atoms with Crippen LogP contribution in [0.25, 0.3) is 5.69 Å². The lowest BCUT2D eigenvalue weighted by atomic mass is 10.2. The standard InChI is InChI=1S/C25H24N6O3S/c1-3-13-30-24(21-15-33-19-11-7-8-12-20(19)34-21)27-28-25(30)35-16-23(32)26-22-14-17(2)29-31(22)18-9-5-4-6-10-18/h3-12,14,21H,1,13,15-16H2,2H3,(H,26,32). The average molecular weight is 489 g/mol. The highest BCUT2D eigenvalue weighted by atomic mass is 32.2. The summed E-state index contributed by atoms with van der Waals surface area (Å²) in [6.45, 7) is 6.53. The van der Waals surface area contributed by atoms with Crippen LogP contribution in [-0.4, -0.2) is 42.8 Å². The molecule has 0 saturated carbocycles. The fourth-order valence-corrected chi connectivity index (χ4v) is 4.51. The van der Waals surface area contributed by atoms with Crippen molar-refractivity contribution in [3.63, 3.8) is 0 Å². The average Bonchev–Trinajstić information content (AvgIpc) is 3.46. The topological polar surface area (TPSA) is 96.1 Å². The normalized spacial score (nSPS) is 14.5. The summed E-state index contributed by atoms with van der Waals surface area (Å²) < 4.78 is 15.5. The van der Waals surface area contributed by atoms with Gasteiger partial charge in [-0.15, -0.1) is 16.8 Å². The molecule has 0 bridgehead atoms. The lowest BCUT2D eigenvalue weighted by molar-refractivity contribution is -0.113. The van der Waals surface area contributed by atoms with E-state index >= 15 is 0 Å². The highest BCUT2D eigenvalue weighted by Crippen LogP contribution is 2.36. The number of anilines is 1. The summed E-state index contributed by atoms with van der Waals surface area (Å²) in [5.74, 6) is 2.58. The Kier molecular flexibility index (Phi) is 6.53. The number of rotatable bonds is 8. The number of allylic oxidation sites excluding steroid dienone is 1. The van der Waals surface area contributed by atoms with E-state index in [-0.39, 0.29) is 11.7 Å². The Morgan fingerprint density at radius 1 is 1.17 bits per heavy atom. The number of benzene rings is 2. The zero-order valence-electron chi connectivity index (χ0n) is 19.1. The van der Waals surface area contributed by atoms with E-state index in [4.69, 9.17) is 9.47 Å². The van der Waals surface area contributed by atoms with Crippen LogP contribution in [0.4, 0.5) is 5.82 Å². The first-order valence-electron chi connectivity index (χ1n) is 11.1. The fourth-order valence-electron chi connectivity index (χ4n) is 3.76. The van der Waals surface area contributed by atoms with Crippen molar-refractivity contribution in [3.05, 3.63) is 84.8 Å². The summed E-state index contributed by atoms with van der Waals surface area (Å²) >= 11 is 1.30. The number of thioether (sulfide) groups is 1. The molecule has 1 N–H and O–H groups in total. The smallest absolute Gasteiger partial charge is 0.236 e. The van der Waals surface area contributed by atoms with Gasteiger partial charge in [0.2, 0.25) is 5.91 Å². The minimum atomic E-state index is -0.413. The second-order valence-corrected chi connectivity index (χ2v) is 8.80. The molecule has 1 amide bonds. The van der Waals surface area contributed by atoms with E-state index in [1.165, 1.54) is 11.8 Å². The van der Waals surface area contributed by atoms with Gasteiger partial charge in [0.05, 0.1) is 17.1 Å². The van der Waals surface area contributed by atoms with E-state index in [0.717, 1.165) is 11.4 Å². The van der Waals surface area contributed by atoms with Crippen molar-refractivity contribution in [2.24, 2.45) is 0 Å². The zero-order valence-corrected chi connectivity index (χ0v) is 19.9. The Morgan fingerprint density at radius 3 is 2.74 bits per heavy atom. The largest absolute Gasteiger partial charge is 0.485 e. The lowest BCUT2D eigenvalue weighted by Gasteiger charge is -2.26. The number of hydrogen-bond donors (Lipinski definition) is 1. The minimum Gasteiger partial charge on any atom is -0.485 e. The van der Waals surface area contributed by atoms with Gasteiger partial charge in [0.25, 0.3) is 0 Å². The number of hydrogen-bond acceptors (Lipinski definition) is 7. The molecule has 1 aliphatic rings. The number of nitrogens with zero attached hydrogens (tertiary/aromatic N) is 5. The second-order valence-electron chi connectivity index (χ2n) is 7.86. The quantitative estimate of drug-likeness (QED) is 0.293. The lowest BCUT2D eigenvalue weighted by Crippen LogP contribution is -2.25. The molecule has 10 heteroatoms. The molecule has 5 rings (SSSR count). The van der Waals surface area contributed by atoms with Gasteiger partial charge < -0.3 is 14.8 Å². The monoisotopic (exact) mass is 488 g/mol. The first-order valence-corrected chi connectivity index (χ1v) is 12.1. The highest BCUT2D eigenvalue weighted by Gasteiger charge is 2.28. The molecule has 0 spiro atoms. The predicted molar refractivity (Wildman–Crippen MR) is 133 cm³/mol. The summed E-state index contributed by atoms with van der Waals surface area (Å²) in [6, 6.07) is 19.0. The third kappa shape index (κ3) is 4.92. The first-order chi connectivity index (χ1) is 17.1. The van der Waals surface area contributed by atoms with Crippen molar-refractivity contribution >= 4 is 23.5 Å². The highest BCUT2D eigenvalue weighted by molar-refractivity contribution is 7.99. The minimum absolute atomic E-state index is 0.152. The third-order valence-electron chi connectivity index (χ3n) is 5.29. The number of amides is 1. The van der Waals surface area contributed by atoms with Crippen molar-refractivity contribution in [3.8, 4) is 17.2 Å². The summed E-state index contributed by atoms with van der Waals surface area (Å²) in [4.78, 5) is 12.8. The zero-order chi connectivity index (χ0) is 24.2. The van der Waals surface area contributed by atoms with E-state index < -0.39 is 6.10 Å². The van der Waals surface area contributed by atoms with Crippen LogP contribution >= 0.6 is 11.8 Å². The Labute approximate surface area is 206 Å². The molecule has 0 radical (unpaired) electrons. The predicted octanol–water partition coefficient (Wildman–Crippen LogP) is 4.20. The van der Waals surface area contributed by atoms with E-state index in [1.54, 1.807) is 10.8 Å². The molecular weight excluding hydrogens is 464 g/mol. The summed E-state index contributed by atoms with van der Waals surface area (Å²) in [5, 5.41) is 16.7. The molecule has 0 saturated heterocycles. The molecule has 3 heterocycles. The van der Waals surface area contributed by atoms with E-state index in [9.17, 15) is 4.79 Å². The van der Waals surface area contributed by atoms with Crippen LogP contribution in [-0.2, 0) is 11.3 Å². The number of aromatic nitrogens is 5. The van der Waals surface area contributed by atoms with Gasteiger partial charge >= 0.3 is 0 Å². The van der Waals surface area contributed by atoms with Gasteiger partial charge in [0.15, 0.2) is 28.6 Å². The molecule has 1 aliphatic heterocycles. The van der Waals surface area contributed by atoms with Gasteiger partial charge in [-0.05, 0) is 31.2 Å². The second kappa shape index (κ2) is 10.1. The number of carbonyl (C=O) groups excluding carboxylic acids is 1. The van der Waals surface area contributed by atoms with Gasteiger partial charge in [-0.25, -0.2) is 4.68 Å². The Hall–Kier alpha value is -4.05. The number of aryl methyl sites for hydroxylation is 1. The molecule has 1 atom stereocenters. The molecule has 4 aromatic rings. The van der Waals surface area contributed by atoms with Gasteiger partial charge in [-0.2, -0.15) is 5.10 Å². The molecule has 35 heavy (non-hydrogen) atoms. The molecule has 0 fully saturated rings. The number of carbonyl (C=O) groups is 1. The SMILES string of the molecule is C=CCn1c(SCC(=O)Nc2cc(C)nn2-c2ccccc2)nnc1C1COc2ccccc2O1. The van der Waals surface area contributed by atoms with E-state index in [0.29, 0.717) is 41.4 Å². The summed E-state index contributed by atoms with van der Waals surface area (Å²) in [7, 11) is 0. The van der Waals surface area contributed by atoms with Crippen LogP contribution in [0.15, 0.2) is 78.5 Å². The van der Waals surface area contributed by atoms with Crippen LogP contribution in [0.1, 0.15) is 17.6 Å². The van der Waals surface area contributed by atoms with Gasteiger partial charge in [-0.3, -0.25) is 9.36 Å². The summed E-state index contributed by atoms with van der Waals surface area (Å²) in [5.41, 5.74) is 1.68. The first kappa shape index (κ1) is 22.7. The van der Waals surface area contributed by atoms with Crippen molar-refractivity contribution < 1.29 is 14.3 Å². The van der Waals surface area contributed by atoms with E-state index in [1.807, 2.05) is 72.2 Å². The molecular formula is C25H24N6O3S. The maximum Gasteiger partial charge on any atom is 0.236 e. The van der Waals surface area contributed by atoms with Crippen LogP contribution in [0, 0.1) is 6.92 Å². The van der Waals surface area contributed by atoms with Crippen molar-refractivity contribution in [2.75, 3.05) is 17.7 Å². The van der Waals surface area contributed by atoms with Crippen LogP contribution in [0.2, 0.25) is 0 Å². The van der Waals surface area contributed by atoms with Crippen molar-refractivity contribution in [2.45, 2.75) is 24.7 Å². The third-order valence-corrected chi connectivity index (χ3v) is 6.25. The number of nitrogens with one attached hydrogen (secondary N) is 1. The number of fused-ring (bicyclic) bond motifs is 1. The van der Waals surface area contributed by atoms with Crippen LogP contribution in [0.3, 0.4) is 0 Å². The number of para-hydroxylation sites is 3. The van der Waals surface area contributed by atoms with Crippen LogP contribution < -0.4 is 14.8 Å². The maximum absolute atomic E-state index is 12.8. The van der Waals surface area contributed by atoms with Crippen molar-refractivity contribution in [1.29, 1.82) is 0 Å². The molecule has 2 aromatic carbocycles. The van der Waals surface area contributed by atoms with Gasteiger partial charge in [0, 0.05) is 12.6 Å². The molecule has 1 unspecified atom stereocenters. The van der Waals surface area contributed by atoms with Gasteiger partial charge in [0.1, 0.15) is 12.4 Å². The molecule has 2 aromatic heterocycles. The Balaban J connectivity index is 1.28. The Bertz CT molecular complexity index is 1350. The molecule has 9 nitrogen and oxygen atoms in total. The maximum atomic E-state index is 12.8.